The average Bonchev–Trinajstić information content (AvgIpc) is 3.08. The van der Waals surface area contributed by atoms with E-state index in [1.807, 2.05) is 0 Å². The number of nitrogens with zero attached hydrogens (tertiary/aromatic N) is 2. The van der Waals surface area contributed by atoms with Gasteiger partial charge in [-0.2, -0.15) is 0 Å². The van der Waals surface area contributed by atoms with Crippen molar-refractivity contribution >= 4 is 17.7 Å². The minimum absolute atomic E-state index is 0.292. The molecule has 2 saturated heterocycles. The summed E-state index contributed by atoms with van der Waals surface area (Å²) in [5.41, 5.74) is 4.37. The SMILES string of the molecule is NC(=O)N1CCCC1(C(=O)c1ccccc1)C(=O)N1CCOCC1. The fourth-order valence-electron chi connectivity index (χ4n) is 3.53. The Bertz CT molecular complexity index is 642. The van der Waals surface area contributed by atoms with Crippen molar-refractivity contribution in [1.29, 1.82) is 0 Å². The van der Waals surface area contributed by atoms with Gasteiger partial charge in [-0.1, -0.05) is 30.3 Å². The predicted molar refractivity (Wildman–Crippen MR) is 86.4 cm³/mol. The first-order valence-corrected chi connectivity index (χ1v) is 8.11. The fourth-order valence-corrected chi connectivity index (χ4v) is 3.53. The molecule has 2 fully saturated rings. The molecule has 1 aromatic rings. The zero-order valence-electron chi connectivity index (χ0n) is 13.4. The van der Waals surface area contributed by atoms with E-state index in [-0.39, 0.29) is 11.7 Å². The average molecular weight is 331 g/mol. The molecular formula is C17H21N3O4. The number of carbonyl (C=O) groups is 3. The summed E-state index contributed by atoms with van der Waals surface area (Å²) in [6, 6.07) is 7.86. The number of amides is 3. The highest BCUT2D eigenvalue weighted by atomic mass is 16.5. The summed E-state index contributed by atoms with van der Waals surface area (Å²) >= 11 is 0. The van der Waals surface area contributed by atoms with Gasteiger partial charge >= 0.3 is 6.03 Å². The van der Waals surface area contributed by atoms with Crippen LogP contribution in [0.15, 0.2) is 30.3 Å². The van der Waals surface area contributed by atoms with E-state index < -0.39 is 11.6 Å². The van der Waals surface area contributed by atoms with Crippen LogP contribution in [-0.4, -0.2) is 65.9 Å². The molecule has 0 aliphatic carbocycles. The van der Waals surface area contributed by atoms with Crippen LogP contribution in [0.4, 0.5) is 4.79 Å². The molecule has 1 atom stereocenters. The van der Waals surface area contributed by atoms with E-state index in [1.54, 1.807) is 35.2 Å². The van der Waals surface area contributed by atoms with Crippen molar-refractivity contribution in [1.82, 2.24) is 9.80 Å². The Kier molecular flexibility index (Phi) is 4.53. The van der Waals surface area contributed by atoms with Gasteiger partial charge in [-0.05, 0) is 12.8 Å². The van der Waals surface area contributed by atoms with Crippen LogP contribution >= 0.6 is 0 Å². The number of hydrogen-bond acceptors (Lipinski definition) is 4. The van der Waals surface area contributed by atoms with Gasteiger partial charge in [0.25, 0.3) is 5.91 Å². The molecule has 3 rings (SSSR count). The number of ketones is 1. The van der Waals surface area contributed by atoms with E-state index in [2.05, 4.69) is 0 Å². The van der Waals surface area contributed by atoms with Crippen LogP contribution in [-0.2, 0) is 9.53 Å². The lowest BCUT2D eigenvalue weighted by molar-refractivity contribution is -0.143. The Balaban J connectivity index is 2.02. The number of urea groups is 1. The lowest BCUT2D eigenvalue weighted by Crippen LogP contribution is -2.64. The molecular weight excluding hydrogens is 310 g/mol. The van der Waals surface area contributed by atoms with E-state index in [9.17, 15) is 14.4 Å². The summed E-state index contributed by atoms with van der Waals surface area (Å²) in [5.74, 6) is -0.716. The molecule has 2 aliphatic heterocycles. The Hall–Kier alpha value is -2.41. The van der Waals surface area contributed by atoms with Crippen LogP contribution in [0, 0.1) is 0 Å². The highest BCUT2D eigenvalue weighted by Gasteiger charge is 2.56. The number of nitrogens with two attached hydrogens (primary N) is 1. The van der Waals surface area contributed by atoms with Crippen molar-refractivity contribution < 1.29 is 19.1 Å². The van der Waals surface area contributed by atoms with Crippen molar-refractivity contribution in [2.75, 3.05) is 32.8 Å². The van der Waals surface area contributed by atoms with Crippen molar-refractivity contribution in [2.24, 2.45) is 5.73 Å². The first-order chi connectivity index (χ1) is 11.6. The fraction of sp³-hybridized carbons (Fsp3) is 0.471. The minimum atomic E-state index is -1.54. The molecule has 2 N–H and O–H groups in total. The van der Waals surface area contributed by atoms with E-state index in [4.69, 9.17) is 10.5 Å². The molecule has 7 nitrogen and oxygen atoms in total. The predicted octanol–water partition coefficient (Wildman–Crippen LogP) is 0.641. The van der Waals surface area contributed by atoms with E-state index in [0.717, 1.165) is 0 Å². The van der Waals surface area contributed by atoms with Gasteiger partial charge in [0.05, 0.1) is 13.2 Å². The highest BCUT2D eigenvalue weighted by Crippen LogP contribution is 2.35. The molecule has 7 heteroatoms. The van der Waals surface area contributed by atoms with Gasteiger partial charge in [0, 0.05) is 25.2 Å². The number of carbonyl (C=O) groups excluding carboxylic acids is 3. The van der Waals surface area contributed by atoms with Crippen LogP contribution in [0.3, 0.4) is 0 Å². The molecule has 128 valence electrons. The summed E-state index contributed by atoms with van der Waals surface area (Å²) < 4.78 is 5.28. The first kappa shape index (κ1) is 16.4. The van der Waals surface area contributed by atoms with Crippen LogP contribution in [0.25, 0.3) is 0 Å². The number of likely N-dealkylation sites (tertiary alicyclic amines) is 1. The Morgan fingerprint density at radius 2 is 1.71 bits per heavy atom. The summed E-state index contributed by atoms with van der Waals surface area (Å²) in [6.45, 7) is 1.99. The van der Waals surface area contributed by atoms with Gasteiger partial charge in [-0.15, -0.1) is 0 Å². The van der Waals surface area contributed by atoms with E-state index >= 15 is 0 Å². The molecule has 3 amide bonds. The molecule has 0 radical (unpaired) electrons. The summed E-state index contributed by atoms with van der Waals surface area (Å²) in [6.07, 6.45) is 0.859. The molecule has 2 heterocycles. The van der Waals surface area contributed by atoms with Gasteiger partial charge in [-0.3, -0.25) is 9.59 Å². The minimum Gasteiger partial charge on any atom is -0.378 e. The maximum absolute atomic E-state index is 13.3. The number of Topliss-reactive ketones (excluding diaryl/α,β-unsaturated/α-hetero) is 1. The largest absolute Gasteiger partial charge is 0.378 e. The third-order valence-electron chi connectivity index (χ3n) is 4.71. The van der Waals surface area contributed by atoms with Crippen molar-refractivity contribution in [3.05, 3.63) is 35.9 Å². The zero-order chi connectivity index (χ0) is 17.2. The molecule has 0 saturated carbocycles. The topological polar surface area (TPSA) is 92.9 Å². The summed E-state index contributed by atoms with van der Waals surface area (Å²) in [4.78, 5) is 41.3. The normalized spacial score (nSPS) is 24.0. The second-order valence-corrected chi connectivity index (χ2v) is 6.05. The highest BCUT2D eigenvalue weighted by molar-refractivity contribution is 6.19. The van der Waals surface area contributed by atoms with Crippen LogP contribution in [0.2, 0.25) is 0 Å². The molecule has 1 aromatic carbocycles. The van der Waals surface area contributed by atoms with Crippen LogP contribution in [0.5, 0.6) is 0 Å². The van der Waals surface area contributed by atoms with Crippen molar-refractivity contribution in [3.8, 4) is 0 Å². The van der Waals surface area contributed by atoms with E-state index in [1.165, 1.54) is 4.90 Å². The monoisotopic (exact) mass is 331 g/mol. The third-order valence-corrected chi connectivity index (χ3v) is 4.71. The molecule has 2 aliphatic rings. The maximum Gasteiger partial charge on any atom is 0.316 e. The number of hydrogen-bond donors (Lipinski definition) is 1. The van der Waals surface area contributed by atoms with Crippen molar-refractivity contribution in [2.45, 2.75) is 18.4 Å². The van der Waals surface area contributed by atoms with Gasteiger partial charge in [-0.25, -0.2) is 4.79 Å². The molecule has 24 heavy (non-hydrogen) atoms. The molecule has 1 unspecified atom stereocenters. The standard InChI is InChI=1S/C17H21N3O4/c18-16(23)20-8-4-7-17(20,14(21)13-5-2-1-3-6-13)15(22)19-9-11-24-12-10-19/h1-3,5-6H,4,7-12H2,(H2,18,23). The Morgan fingerprint density at radius 1 is 1.04 bits per heavy atom. The number of rotatable bonds is 3. The lowest BCUT2D eigenvalue weighted by Gasteiger charge is -2.39. The number of morpholine rings is 1. The van der Waals surface area contributed by atoms with Gasteiger partial charge < -0.3 is 20.3 Å². The van der Waals surface area contributed by atoms with Gasteiger partial charge in [0.2, 0.25) is 0 Å². The van der Waals surface area contributed by atoms with Crippen molar-refractivity contribution in [3.63, 3.8) is 0 Å². The first-order valence-electron chi connectivity index (χ1n) is 8.11. The number of ether oxygens (including phenoxy) is 1. The summed E-state index contributed by atoms with van der Waals surface area (Å²) in [7, 11) is 0. The zero-order valence-corrected chi connectivity index (χ0v) is 13.4. The van der Waals surface area contributed by atoms with E-state index in [0.29, 0.717) is 51.3 Å². The second-order valence-electron chi connectivity index (χ2n) is 6.05. The van der Waals surface area contributed by atoms with Gasteiger partial charge in [0.15, 0.2) is 11.3 Å². The number of primary amides is 1. The number of benzene rings is 1. The smallest absolute Gasteiger partial charge is 0.316 e. The quantitative estimate of drug-likeness (QED) is 0.650. The molecule has 0 bridgehead atoms. The molecule has 0 spiro atoms. The van der Waals surface area contributed by atoms with Crippen LogP contribution < -0.4 is 5.73 Å². The Labute approximate surface area is 140 Å². The lowest BCUT2D eigenvalue weighted by atomic mass is 9.85. The second kappa shape index (κ2) is 6.60. The van der Waals surface area contributed by atoms with Gasteiger partial charge in [0.1, 0.15) is 0 Å². The summed E-state index contributed by atoms with van der Waals surface area (Å²) in [5, 5.41) is 0. The maximum atomic E-state index is 13.3. The van der Waals surface area contributed by atoms with Crippen LogP contribution in [0.1, 0.15) is 23.2 Å². The Morgan fingerprint density at radius 3 is 2.33 bits per heavy atom. The molecule has 0 aromatic heterocycles. The third kappa shape index (κ3) is 2.65.